The molecule has 0 amide bonds. The van der Waals surface area contributed by atoms with Crippen LogP contribution in [0.25, 0.3) is 0 Å². The third-order valence-electron chi connectivity index (χ3n) is 4.54. The van der Waals surface area contributed by atoms with Gasteiger partial charge in [-0.2, -0.15) is 0 Å². The number of hydrogen-bond acceptors (Lipinski definition) is 2. The van der Waals surface area contributed by atoms with E-state index in [1.54, 1.807) is 0 Å². The molecule has 1 heterocycles. The summed E-state index contributed by atoms with van der Waals surface area (Å²) in [4.78, 5) is 12.8. The lowest BCUT2D eigenvalue weighted by molar-refractivity contribution is -0.135. The van der Waals surface area contributed by atoms with Gasteiger partial charge in [-0.3, -0.25) is 4.79 Å². The molecular formula is C16H20O2. The van der Waals surface area contributed by atoms with Crippen molar-refractivity contribution in [3.8, 4) is 0 Å². The zero-order valence-electron chi connectivity index (χ0n) is 10.7. The molecule has 18 heavy (non-hydrogen) atoms. The third-order valence-corrected chi connectivity index (χ3v) is 4.54. The number of carbonyl (C=O) groups excluding carboxylic acids is 1. The lowest BCUT2D eigenvalue weighted by Gasteiger charge is -2.43. The van der Waals surface area contributed by atoms with Crippen molar-refractivity contribution >= 4 is 5.78 Å². The number of rotatable bonds is 3. The standard InChI is InChI=1S/C16H20O2/c17-15(13-6-4-11-18-12-13)16(9-5-10-16)14-7-2-1-3-8-14/h1-3,7-8,13H,4-6,9-12H2. The summed E-state index contributed by atoms with van der Waals surface area (Å²) in [5.41, 5.74) is 1.03. The summed E-state index contributed by atoms with van der Waals surface area (Å²) in [6.45, 7) is 1.45. The molecule has 2 nitrogen and oxygen atoms in total. The summed E-state index contributed by atoms with van der Waals surface area (Å²) in [6.07, 6.45) is 5.25. The van der Waals surface area contributed by atoms with Gasteiger partial charge in [0.25, 0.3) is 0 Å². The molecule has 2 heteroatoms. The average Bonchev–Trinajstić information content (AvgIpc) is 2.40. The van der Waals surface area contributed by atoms with Crippen LogP contribution in [-0.2, 0) is 14.9 Å². The van der Waals surface area contributed by atoms with Gasteiger partial charge in [0.05, 0.1) is 12.0 Å². The maximum Gasteiger partial charge on any atom is 0.148 e. The van der Waals surface area contributed by atoms with Crippen molar-refractivity contribution in [3.05, 3.63) is 35.9 Å². The first-order valence-electron chi connectivity index (χ1n) is 7.00. The summed E-state index contributed by atoms with van der Waals surface area (Å²) in [5.74, 6) is 0.555. The van der Waals surface area contributed by atoms with Crippen molar-refractivity contribution in [2.24, 2.45) is 5.92 Å². The first-order chi connectivity index (χ1) is 8.83. The Morgan fingerprint density at radius 3 is 2.50 bits per heavy atom. The van der Waals surface area contributed by atoms with Crippen molar-refractivity contribution in [3.63, 3.8) is 0 Å². The smallest absolute Gasteiger partial charge is 0.148 e. The summed E-state index contributed by atoms with van der Waals surface area (Å²) >= 11 is 0. The van der Waals surface area contributed by atoms with Gasteiger partial charge < -0.3 is 4.74 Å². The molecule has 1 aromatic carbocycles. The van der Waals surface area contributed by atoms with Gasteiger partial charge in [-0.05, 0) is 31.2 Å². The topological polar surface area (TPSA) is 26.3 Å². The lowest BCUT2D eigenvalue weighted by Crippen LogP contribution is -2.47. The molecule has 0 N–H and O–H groups in total. The predicted molar refractivity (Wildman–Crippen MR) is 70.5 cm³/mol. The first-order valence-corrected chi connectivity index (χ1v) is 7.00. The second-order valence-electron chi connectivity index (χ2n) is 5.58. The molecule has 1 aliphatic heterocycles. The minimum Gasteiger partial charge on any atom is -0.381 e. The summed E-state index contributed by atoms with van der Waals surface area (Å²) in [6, 6.07) is 10.3. The minimum absolute atomic E-state index is 0.124. The van der Waals surface area contributed by atoms with Crippen LogP contribution in [0.3, 0.4) is 0 Å². The fraction of sp³-hybridized carbons (Fsp3) is 0.562. The summed E-state index contributed by atoms with van der Waals surface area (Å²) in [7, 11) is 0. The number of Topliss-reactive ketones (excluding diaryl/α,β-unsaturated/α-hetero) is 1. The molecule has 1 saturated carbocycles. The Morgan fingerprint density at radius 1 is 1.17 bits per heavy atom. The first kappa shape index (κ1) is 11.9. The molecular weight excluding hydrogens is 224 g/mol. The Kier molecular flexibility index (Phi) is 3.21. The van der Waals surface area contributed by atoms with E-state index in [1.165, 1.54) is 12.0 Å². The highest BCUT2D eigenvalue weighted by atomic mass is 16.5. The quantitative estimate of drug-likeness (QED) is 0.816. The van der Waals surface area contributed by atoms with Crippen molar-refractivity contribution in [2.75, 3.05) is 13.2 Å². The van der Waals surface area contributed by atoms with E-state index in [1.807, 2.05) is 18.2 Å². The maximum absolute atomic E-state index is 12.8. The Morgan fingerprint density at radius 2 is 1.94 bits per heavy atom. The van der Waals surface area contributed by atoms with Crippen LogP contribution >= 0.6 is 0 Å². The van der Waals surface area contributed by atoms with Gasteiger partial charge in [-0.1, -0.05) is 36.8 Å². The molecule has 1 saturated heterocycles. The number of carbonyl (C=O) groups is 1. The van der Waals surface area contributed by atoms with Gasteiger partial charge in [0, 0.05) is 12.5 Å². The second kappa shape index (κ2) is 4.85. The van der Waals surface area contributed by atoms with E-state index in [2.05, 4.69) is 12.1 Å². The second-order valence-corrected chi connectivity index (χ2v) is 5.58. The Balaban J connectivity index is 1.85. The number of ketones is 1. The van der Waals surface area contributed by atoms with E-state index >= 15 is 0 Å². The molecule has 2 fully saturated rings. The van der Waals surface area contributed by atoms with Gasteiger partial charge >= 0.3 is 0 Å². The SMILES string of the molecule is O=C(C1CCCOC1)C1(c2ccccc2)CCC1. The van der Waals surface area contributed by atoms with Crippen molar-refractivity contribution in [1.29, 1.82) is 0 Å². The highest BCUT2D eigenvalue weighted by Crippen LogP contribution is 2.46. The van der Waals surface area contributed by atoms with Gasteiger partial charge in [-0.15, -0.1) is 0 Å². The van der Waals surface area contributed by atoms with Crippen LogP contribution < -0.4 is 0 Å². The molecule has 1 aliphatic carbocycles. The van der Waals surface area contributed by atoms with E-state index in [0.29, 0.717) is 12.4 Å². The molecule has 2 aliphatic rings. The summed E-state index contributed by atoms with van der Waals surface area (Å²) < 4.78 is 5.48. The third kappa shape index (κ3) is 1.89. The van der Waals surface area contributed by atoms with E-state index in [9.17, 15) is 4.79 Å². The van der Waals surface area contributed by atoms with Crippen LogP contribution in [0.5, 0.6) is 0 Å². The zero-order chi connectivity index (χ0) is 12.4. The number of ether oxygens (including phenoxy) is 1. The van der Waals surface area contributed by atoms with Gasteiger partial charge in [0.15, 0.2) is 0 Å². The van der Waals surface area contributed by atoms with E-state index < -0.39 is 0 Å². The van der Waals surface area contributed by atoms with E-state index in [-0.39, 0.29) is 11.3 Å². The Labute approximate surface area is 108 Å². The van der Waals surface area contributed by atoms with Crippen LogP contribution in [0.15, 0.2) is 30.3 Å². The highest BCUT2D eigenvalue weighted by Gasteiger charge is 2.47. The molecule has 0 aromatic heterocycles. The normalized spacial score (nSPS) is 26.3. The maximum atomic E-state index is 12.8. The van der Waals surface area contributed by atoms with Crippen LogP contribution in [0.1, 0.15) is 37.7 Å². The zero-order valence-corrected chi connectivity index (χ0v) is 10.7. The van der Waals surface area contributed by atoms with Crippen LogP contribution in [-0.4, -0.2) is 19.0 Å². The monoisotopic (exact) mass is 244 g/mol. The molecule has 1 atom stereocenters. The number of hydrogen-bond donors (Lipinski definition) is 0. The molecule has 96 valence electrons. The van der Waals surface area contributed by atoms with Gasteiger partial charge in [0.2, 0.25) is 0 Å². The number of benzene rings is 1. The van der Waals surface area contributed by atoms with Crippen molar-refractivity contribution in [1.82, 2.24) is 0 Å². The van der Waals surface area contributed by atoms with Crippen molar-refractivity contribution in [2.45, 2.75) is 37.5 Å². The molecule has 3 rings (SSSR count). The van der Waals surface area contributed by atoms with Crippen LogP contribution in [0, 0.1) is 5.92 Å². The van der Waals surface area contributed by atoms with E-state index in [4.69, 9.17) is 4.74 Å². The fourth-order valence-electron chi connectivity index (χ4n) is 3.30. The molecule has 1 unspecified atom stereocenters. The lowest BCUT2D eigenvalue weighted by atomic mass is 9.59. The van der Waals surface area contributed by atoms with Crippen LogP contribution in [0.2, 0.25) is 0 Å². The summed E-state index contributed by atoms with van der Waals surface area (Å²) in [5, 5.41) is 0. The largest absolute Gasteiger partial charge is 0.381 e. The van der Waals surface area contributed by atoms with E-state index in [0.717, 1.165) is 32.3 Å². The molecule has 1 aromatic rings. The Hall–Kier alpha value is -1.15. The Bertz CT molecular complexity index is 414. The highest BCUT2D eigenvalue weighted by molar-refractivity contribution is 5.93. The van der Waals surface area contributed by atoms with Gasteiger partial charge in [-0.25, -0.2) is 0 Å². The van der Waals surface area contributed by atoms with Crippen LogP contribution in [0.4, 0.5) is 0 Å². The van der Waals surface area contributed by atoms with Gasteiger partial charge in [0.1, 0.15) is 5.78 Å². The molecule has 0 spiro atoms. The average molecular weight is 244 g/mol. The molecule has 0 bridgehead atoms. The minimum atomic E-state index is -0.188. The predicted octanol–water partition coefficient (Wildman–Crippen LogP) is 3.10. The fourth-order valence-corrected chi connectivity index (χ4v) is 3.30. The molecule has 0 radical (unpaired) electrons. The van der Waals surface area contributed by atoms with Crippen molar-refractivity contribution < 1.29 is 9.53 Å².